The van der Waals surface area contributed by atoms with Crippen molar-refractivity contribution < 1.29 is 9.53 Å². The van der Waals surface area contributed by atoms with Crippen molar-refractivity contribution in [2.24, 2.45) is 0 Å². The summed E-state index contributed by atoms with van der Waals surface area (Å²) in [5.41, 5.74) is 2.07. The zero-order valence-corrected chi connectivity index (χ0v) is 20.3. The van der Waals surface area contributed by atoms with E-state index >= 15 is 0 Å². The Balaban J connectivity index is 1.35. The standard InChI is InChI=1S/C26H24ClN5O4/c1-2-36-21-9-5-18(6-10-21)22-11-12-25(34)32(30-22)14-13-28-24(33)16-31-17-29-23(15-26(31)35)19-3-7-20(27)8-4-19/h3-12,15,17H,2,13-14,16H2,1H3,(H,28,33). The van der Waals surface area contributed by atoms with E-state index < -0.39 is 0 Å². The number of halogens is 1. The lowest BCUT2D eigenvalue weighted by atomic mass is 10.1. The van der Waals surface area contributed by atoms with Gasteiger partial charge in [-0.2, -0.15) is 5.10 Å². The number of benzene rings is 2. The molecule has 184 valence electrons. The largest absolute Gasteiger partial charge is 0.494 e. The summed E-state index contributed by atoms with van der Waals surface area (Å²) in [7, 11) is 0. The quantitative estimate of drug-likeness (QED) is 0.374. The smallest absolute Gasteiger partial charge is 0.266 e. The highest BCUT2D eigenvalue weighted by atomic mass is 35.5. The van der Waals surface area contributed by atoms with Gasteiger partial charge in [-0.05, 0) is 49.4 Å². The minimum atomic E-state index is -0.381. The van der Waals surface area contributed by atoms with Crippen LogP contribution >= 0.6 is 11.6 Å². The molecule has 9 nitrogen and oxygen atoms in total. The van der Waals surface area contributed by atoms with E-state index in [1.807, 2.05) is 31.2 Å². The molecule has 2 aromatic heterocycles. The molecule has 0 radical (unpaired) electrons. The molecule has 0 unspecified atom stereocenters. The Hall–Kier alpha value is -4.24. The van der Waals surface area contributed by atoms with Crippen molar-refractivity contribution in [2.45, 2.75) is 20.0 Å². The average molecular weight is 506 g/mol. The van der Waals surface area contributed by atoms with E-state index in [9.17, 15) is 14.4 Å². The molecule has 0 spiro atoms. The molecule has 0 fully saturated rings. The van der Waals surface area contributed by atoms with Gasteiger partial charge in [0.25, 0.3) is 11.1 Å². The molecule has 36 heavy (non-hydrogen) atoms. The van der Waals surface area contributed by atoms with Crippen LogP contribution in [0.5, 0.6) is 5.75 Å². The number of nitrogens with zero attached hydrogens (tertiary/aromatic N) is 4. The Morgan fingerprint density at radius 3 is 2.33 bits per heavy atom. The monoisotopic (exact) mass is 505 g/mol. The van der Waals surface area contributed by atoms with E-state index in [1.165, 1.54) is 27.7 Å². The van der Waals surface area contributed by atoms with Crippen LogP contribution in [-0.2, 0) is 17.9 Å². The van der Waals surface area contributed by atoms with Crippen LogP contribution in [-0.4, -0.2) is 38.4 Å². The maximum Gasteiger partial charge on any atom is 0.266 e. The molecule has 10 heteroatoms. The fraction of sp³-hybridized carbons (Fsp3) is 0.192. The van der Waals surface area contributed by atoms with Gasteiger partial charge in [-0.15, -0.1) is 0 Å². The SMILES string of the molecule is CCOc1ccc(-c2ccc(=O)n(CCNC(=O)Cn3cnc(-c4ccc(Cl)cc4)cc3=O)n2)cc1. The minimum absolute atomic E-state index is 0.170. The number of rotatable bonds is 9. The first kappa shape index (κ1) is 24.9. The summed E-state index contributed by atoms with van der Waals surface area (Å²) in [6, 6.07) is 18.8. The zero-order valence-electron chi connectivity index (χ0n) is 19.6. The van der Waals surface area contributed by atoms with Gasteiger partial charge in [-0.25, -0.2) is 9.67 Å². The van der Waals surface area contributed by atoms with Crippen molar-refractivity contribution in [3.05, 3.63) is 98.8 Å². The Labute approximate surface area is 212 Å². The third-order valence-electron chi connectivity index (χ3n) is 5.31. The molecule has 0 saturated carbocycles. The van der Waals surface area contributed by atoms with E-state index in [1.54, 1.807) is 30.3 Å². The van der Waals surface area contributed by atoms with Gasteiger partial charge in [0, 0.05) is 34.8 Å². The van der Waals surface area contributed by atoms with Crippen molar-refractivity contribution in [3.63, 3.8) is 0 Å². The molecule has 2 aromatic carbocycles. The van der Waals surface area contributed by atoms with Crippen LogP contribution < -0.4 is 21.2 Å². The van der Waals surface area contributed by atoms with E-state index in [0.717, 1.165) is 16.9 Å². The van der Waals surface area contributed by atoms with E-state index in [0.29, 0.717) is 23.0 Å². The minimum Gasteiger partial charge on any atom is -0.494 e. The summed E-state index contributed by atoms with van der Waals surface area (Å²) in [4.78, 5) is 41.3. The molecular formula is C26H24ClN5O4. The molecule has 4 aromatic rings. The highest BCUT2D eigenvalue weighted by molar-refractivity contribution is 6.30. The molecule has 0 aliphatic carbocycles. The lowest BCUT2D eigenvalue weighted by molar-refractivity contribution is -0.121. The van der Waals surface area contributed by atoms with Crippen molar-refractivity contribution in [3.8, 4) is 28.3 Å². The summed E-state index contributed by atoms with van der Waals surface area (Å²) >= 11 is 5.90. The second kappa shape index (κ2) is 11.5. The molecule has 2 heterocycles. The molecule has 0 saturated heterocycles. The second-order valence-electron chi connectivity index (χ2n) is 7.83. The molecule has 0 atom stereocenters. The van der Waals surface area contributed by atoms with Crippen LogP contribution in [0.3, 0.4) is 0 Å². The molecule has 4 rings (SSSR count). The van der Waals surface area contributed by atoms with Gasteiger partial charge in [0.05, 0.1) is 30.9 Å². The fourth-order valence-electron chi connectivity index (χ4n) is 3.49. The number of carbonyl (C=O) groups is 1. The first-order valence-electron chi connectivity index (χ1n) is 11.3. The Kier molecular flexibility index (Phi) is 7.92. The number of nitrogens with one attached hydrogen (secondary N) is 1. The van der Waals surface area contributed by atoms with E-state index in [4.69, 9.17) is 16.3 Å². The predicted octanol–water partition coefficient (Wildman–Crippen LogP) is 3.00. The Morgan fingerprint density at radius 1 is 0.944 bits per heavy atom. The lowest BCUT2D eigenvalue weighted by Crippen LogP contribution is -2.35. The number of ether oxygens (including phenoxy) is 1. The zero-order chi connectivity index (χ0) is 25.5. The topological polar surface area (TPSA) is 108 Å². The van der Waals surface area contributed by atoms with Crippen molar-refractivity contribution in [1.29, 1.82) is 0 Å². The molecule has 1 amide bonds. The number of carbonyl (C=O) groups excluding carboxylic acids is 1. The number of amides is 1. The summed E-state index contributed by atoms with van der Waals surface area (Å²) < 4.78 is 7.96. The van der Waals surface area contributed by atoms with E-state index in [-0.39, 0.29) is 36.7 Å². The van der Waals surface area contributed by atoms with Crippen molar-refractivity contribution >= 4 is 17.5 Å². The normalized spacial score (nSPS) is 10.7. The Bertz CT molecular complexity index is 1460. The van der Waals surface area contributed by atoms with Gasteiger partial charge in [-0.3, -0.25) is 19.0 Å². The third-order valence-corrected chi connectivity index (χ3v) is 5.56. The number of hydrogen-bond donors (Lipinski definition) is 1. The van der Waals surface area contributed by atoms with Gasteiger partial charge in [0.2, 0.25) is 5.91 Å². The molecule has 0 bridgehead atoms. The van der Waals surface area contributed by atoms with Crippen LogP contribution in [0.1, 0.15) is 6.92 Å². The first-order valence-corrected chi connectivity index (χ1v) is 11.7. The predicted molar refractivity (Wildman–Crippen MR) is 137 cm³/mol. The van der Waals surface area contributed by atoms with E-state index in [2.05, 4.69) is 15.4 Å². The number of aromatic nitrogens is 4. The summed E-state index contributed by atoms with van der Waals surface area (Å²) in [6.45, 7) is 2.65. The highest BCUT2D eigenvalue weighted by Crippen LogP contribution is 2.20. The van der Waals surface area contributed by atoms with Crippen molar-refractivity contribution in [2.75, 3.05) is 13.2 Å². The fourth-order valence-corrected chi connectivity index (χ4v) is 3.61. The molecule has 0 aliphatic heterocycles. The van der Waals surface area contributed by atoms with Crippen LogP contribution in [0.15, 0.2) is 82.6 Å². The number of hydrogen-bond acceptors (Lipinski definition) is 6. The molecule has 1 N–H and O–H groups in total. The summed E-state index contributed by atoms with van der Waals surface area (Å²) in [5.74, 6) is 0.375. The van der Waals surface area contributed by atoms with Crippen molar-refractivity contribution in [1.82, 2.24) is 24.6 Å². The van der Waals surface area contributed by atoms with Gasteiger partial charge >= 0.3 is 0 Å². The van der Waals surface area contributed by atoms with Crippen LogP contribution in [0.25, 0.3) is 22.5 Å². The van der Waals surface area contributed by atoms with Crippen LogP contribution in [0, 0.1) is 0 Å². The van der Waals surface area contributed by atoms with Gasteiger partial charge in [-0.1, -0.05) is 23.7 Å². The summed E-state index contributed by atoms with van der Waals surface area (Å²) in [5, 5.41) is 7.69. The van der Waals surface area contributed by atoms with Crippen LogP contribution in [0.4, 0.5) is 0 Å². The van der Waals surface area contributed by atoms with Gasteiger partial charge in [0.1, 0.15) is 12.3 Å². The molecular weight excluding hydrogens is 482 g/mol. The third kappa shape index (κ3) is 6.25. The Morgan fingerprint density at radius 2 is 1.64 bits per heavy atom. The second-order valence-corrected chi connectivity index (χ2v) is 8.27. The lowest BCUT2D eigenvalue weighted by Gasteiger charge is -2.10. The summed E-state index contributed by atoms with van der Waals surface area (Å²) in [6.07, 6.45) is 1.33. The first-order chi connectivity index (χ1) is 17.4. The molecule has 0 aliphatic rings. The maximum atomic E-state index is 12.4. The highest BCUT2D eigenvalue weighted by Gasteiger charge is 2.09. The van der Waals surface area contributed by atoms with Gasteiger partial charge < -0.3 is 10.1 Å². The maximum absolute atomic E-state index is 12.4. The average Bonchev–Trinajstić information content (AvgIpc) is 2.87. The van der Waals surface area contributed by atoms with Crippen LogP contribution in [0.2, 0.25) is 5.02 Å². The van der Waals surface area contributed by atoms with Gasteiger partial charge in [0.15, 0.2) is 0 Å².